The molecule has 0 fully saturated rings. The van der Waals surface area contributed by atoms with E-state index in [1.54, 1.807) is 53.9 Å². The summed E-state index contributed by atoms with van der Waals surface area (Å²) >= 11 is 4.69. The number of aliphatic hydroxyl groups excluding tert-OH is 2. The Labute approximate surface area is 329 Å². The van der Waals surface area contributed by atoms with E-state index in [9.17, 15) is 44.1 Å². The predicted octanol–water partition coefficient (Wildman–Crippen LogP) is 2.96. The third kappa shape index (κ3) is 11.9. The third-order valence-electron chi connectivity index (χ3n) is 9.21. The van der Waals surface area contributed by atoms with Gasteiger partial charge in [-0.2, -0.15) is 0 Å². The molecular weight excluding hydrogens is 792 g/mol. The molecule has 2 bridgehead atoms. The number of aryl methyl sites for hydroxylation is 1. The molecule has 0 saturated carbocycles. The first-order valence-corrected chi connectivity index (χ1v) is 19.3. The summed E-state index contributed by atoms with van der Waals surface area (Å²) in [7, 11) is 0. The Morgan fingerprint density at radius 2 is 1.29 bits per heavy atom. The number of ketones is 1. The smallest absolute Gasteiger partial charge is 0.307 e. The number of anilines is 1. The summed E-state index contributed by atoms with van der Waals surface area (Å²) in [6.07, 6.45) is -4.52. The molecule has 0 saturated heterocycles. The highest BCUT2D eigenvalue weighted by Gasteiger charge is 2.35. The van der Waals surface area contributed by atoms with Crippen LogP contribution in [-0.2, 0) is 54.5 Å². The molecule has 4 aromatic rings. The number of carboxylic acid groups (broad SMARTS) is 1. The van der Waals surface area contributed by atoms with Gasteiger partial charge in [-0.3, -0.25) is 28.8 Å². The van der Waals surface area contributed by atoms with Crippen LogP contribution in [0.25, 0.3) is 0 Å². The van der Waals surface area contributed by atoms with Gasteiger partial charge < -0.3 is 36.6 Å². The van der Waals surface area contributed by atoms with Gasteiger partial charge in [-0.05, 0) is 71.7 Å². The van der Waals surface area contributed by atoms with Gasteiger partial charge in [-0.25, -0.2) is 0 Å². The maximum atomic E-state index is 14.2. The Morgan fingerprint density at radius 1 is 0.673 bits per heavy atom. The van der Waals surface area contributed by atoms with Crippen LogP contribution in [0.2, 0.25) is 0 Å². The molecule has 0 radical (unpaired) electrons. The summed E-state index contributed by atoms with van der Waals surface area (Å²) < 4.78 is 0.778. The van der Waals surface area contributed by atoms with E-state index in [0.29, 0.717) is 22.4 Å². The van der Waals surface area contributed by atoms with Gasteiger partial charge in [-0.1, -0.05) is 76.6 Å². The highest BCUT2D eigenvalue weighted by Crippen LogP contribution is 2.20. The van der Waals surface area contributed by atoms with Gasteiger partial charge in [0.25, 0.3) is 11.8 Å². The SMILES string of the molecule is O=C(O)[C@@H]1CC(=O)[C@@H](CCc2ccccc2)NC(=O)[C@H](Cc2ccc(Br)cc2)NC(=O)[C@@H](Cc2cccs2)NC(=O)[C@H](O)[C@@H](O)C(=O)Nc2ccc(cc2)C1. The molecule has 7 N–H and O–H groups in total. The number of benzene rings is 3. The van der Waals surface area contributed by atoms with Crippen LogP contribution in [0.3, 0.4) is 0 Å². The number of carboxylic acids is 1. The van der Waals surface area contributed by atoms with Crippen LogP contribution < -0.4 is 21.3 Å². The van der Waals surface area contributed by atoms with Crippen molar-refractivity contribution < 1.29 is 44.1 Å². The van der Waals surface area contributed by atoms with Gasteiger partial charge >= 0.3 is 5.97 Å². The van der Waals surface area contributed by atoms with E-state index in [0.717, 1.165) is 10.0 Å². The molecule has 3 heterocycles. The average molecular weight is 834 g/mol. The monoisotopic (exact) mass is 832 g/mol. The van der Waals surface area contributed by atoms with Crippen LogP contribution in [0.15, 0.2) is 101 Å². The van der Waals surface area contributed by atoms with Crippen molar-refractivity contribution in [3.8, 4) is 0 Å². The maximum absolute atomic E-state index is 14.2. The quantitative estimate of drug-likeness (QED) is 0.130. The molecule has 0 aliphatic carbocycles. The van der Waals surface area contributed by atoms with Crippen LogP contribution in [-0.4, -0.2) is 81.0 Å². The van der Waals surface area contributed by atoms with Crippen molar-refractivity contribution in [2.24, 2.45) is 5.92 Å². The van der Waals surface area contributed by atoms with Crippen LogP contribution >= 0.6 is 27.3 Å². The Hall–Kier alpha value is -5.22. The van der Waals surface area contributed by atoms with Crippen molar-refractivity contribution in [1.29, 1.82) is 0 Å². The van der Waals surface area contributed by atoms with Crippen molar-refractivity contribution in [2.75, 3.05) is 5.32 Å². The first kappa shape index (κ1) is 41.0. The number of thiophene rings is 1. The van der Waals surface area contributed by atoms with E-state index in [-0.39, 0.29) is 31.4 Å². The number of hydrogen-bond donors (Lipinski definition) is 7. The lowest BCUT2D eigenvalue weighted by Gasteiger charge is -2.26. The second-order valence-corrected chi connectivity index (χ2v) is 15.3. The minimum absolute atomic E-state index is 0.0286. The summed E-state index contributed by atoms with van der Waals surface area (Å²) in [4.78, 5) is 81.5. The lowest BCUT2D eigenvalue weighted by Crippen LogP contribution is -2.58. The first-order valence-electron chi connectivity index (χ1n) is 17.6. The van der Waals surface area contributed by atoms with Gasteiger partial charge in [0, 0.05) is 34.3 Å². The van der Waals surface area contributed by atoms with E-state index in [1.807, 2.05) is 30.3 Å². The molecule has 0 unspecified atom stereocenters. The minimum atomic E-state index is -2.28. The van der Waals surface area contributed by atoms with Gasteiger partial charge in [0.1, 0.15) is 12.1 Å². The topological polar surface area (TPSA) is 211 Å². The van der Waals surface area contributed by atoms with E-state index >= 15 is 0 Å². The Kier molecular flexibility index (Phi) is 14.4. The largest absolute Gasteiger partial charge is 0.481 e. The van der Waals surface area contributed by atoms with Crippen LogP contribution in [0.5, 0.6) is 0 Å². The number of Topliss-reactive ketones (excluding diaryl/α,β-unsaturated/α-hetero) is 1. The molecule has 3 aromatic carbocycles. The number of halogens is 1. The minimum Gasteiger partial charge on any atom is -0.481 e. The number of hydrogen-bond acceptors (Lipinski definition) is 9. The zero-order valence-electron chi connectivity index (χ0n) is 29.5. The molecule has 2 aliphatic rings. The molecule has 2 aliphatic heterocycles. The number of amides is 4. The number of carbonyl (C=O) groups is 6. The van der Waals surface area contributed by atoms with E-state index in [1.165, 1.54) is 23.5 Å². The summed E-state index contributed by atoms with van der Waals surface area (Å²) in [5, 5.41) is 43.6. The molecule has 6 atom stereocenters. The van der Waals surface area contributed by atoms with Gasteiger partial charge in [0.15, 0.2) is 18.0 Å². The Bertz CT molecular complexity index is 1960. The average Bonchev–Trinajstić information content (AvgIpc) is 3.69. The van der Waals surface area contributed by atoms with Crippen molar-refractivity contribution in [3.63, 3.8) is 0 Å². The summed E-state index contributed by atoms with van der Waals surface area (Å²) in [5.74, 6) is -6.74. The summed E-state index contributed by atoms with van der Waals surface area (Å²) in [5.41, 5.74) is 2.27. The number of nitrogens with one attached hydrogen (secondary N) is 4. The van der Waals surface area contributed by atoms with Crippen molar-refractivity contribution in [2.45, 2.75) is 68.9 Å². The molecule has 1 aromatic heterocycles. The first-order chi connectivity index (χ1) is 26.4. The highest BCUT2D eigenvalue weighted by molar-refractivity contribution is 9.10. The standard InChI is InChI=1S/C40H41BrN4O9S/c41-27-13-8-25(9-14-27)20-31-36(49)43-30(17-12-23-5-2-1-3-6-23)33(46)21-26(40(53)54)19-24-10-15-28(16-11-24)42-38(51)34(47)35(48)39(52)45-32(37(50)44-31)22-29-7-4-18-55-29/h1-11,13-16,18,26,30-32,34-35,47-48H,12,17,19-22H2,(H,42,51)(H,43,49)(H,44,50)(H,45,52)(H,53,54)/t26-,30+,31-,32+,34+,35+/m0/s1. The summed E-state index contributed by atoms with van der Waals surface area (Å²) in [6.45, 7) is 0. The number of fused-ring (bicyclic) bond motifs is 18. The lowest BCUT2D eigenvalue weighted by atomic mass is 9.90. The number of aliphatic hydroxyl groups is 2. The second-order valence-electron chi connectivity index (χ2n) is 13.3. The molecule has 288 valence electrons. The molecule has 4 amide bonds. The molecule has 13 nitrogen and oxygen atoms in total. The maximum Gasteiger partial charge on any atom is 0.307 e. The van der Waals surface area contributed by atoms with Crippen LogP contribution in [0, 0.1) is 5.92 Å². The van der Waals surface area contributed by atoms with Gasteiger partial charge in [0.2, 0.25) is 11.8 Å². The molecule has 6 rings (SSSR count). The lowest BCUT2D eigenvalue weighted by molar-refractivity contribution is -0.145. The van der Waals surface area contributed by atoms with Crippen LogP contribution in [0.4, 0.5) is 5.69 Å². The Morgan fingerprint density at radius 3 is 1.93 bits per heavy atom. The molecular formula is C40H41BrN4O9S. The highest BCUT2D eigenvalue weighted by atomic mass is 79.9. The summed E-state index contributed by atoms with van der Waals surface area (Å²) in [6, 6.07) is 22.0. The third-order valence-corrected chi connectivity index (χ3v) is 10.6. The van der Waals surface area contributed by atoms with Crippen molar-refractivity contribution in [1.82, 2.24) is 16.0 Å². The van der Waals surface area contributed by atoms with E-state index in [2.05, 4.69) is 37.2 Å². The molecule has 55 heavy (non-hydrogen) atoms. The Balaban J connectivity index is 1.52. The number of carbonyl (C=O) groups excluding carboxylic acids is 5. The normalized spacial score (nSPS) is 23.1. The second kappa shape index (κ2) is 19.4. The van der Waals surface area contributed by atoms with Gasteiger partial charge in [0.05, 0.1) is 12.0 Å². The van der Waals surface area contributed by atoms with Crippen molar-refractivity contribution >= 4 is 68.3 Å². The zero-order valence-corrected chi connectivity index (χ0v) is 31.9. The van der Waals surface area contributed by atoms with Crippen molar-refractivity contribution in [3.05, 3.63) is 122 Å². The number of rotatable bonds is 8. The van der Waals surface area contributed by atoms with Crippen LogP contribution in [0.1, 0.15) is 34.4 Å². The molecule has 15 heteroatoms. The fourth-order valence-electron chi connectivity index (χ4n) is 6.12. The fourth-order valence-corrected chi connectivity index (χ4v) is 7.14. The van der Waals surface area contributed by atoms with E-state index < -0.39 is 78.1 Å². The van der Waals surface area contributed by atoms with E-state index in [4.69, 9.17) is 0 Å². The number of aliphatic carboxylic acids is 1. The zero-order chi connectivity index (χ0) is 39.5. The molecule has 0 spiro atoms. The van der Waals surface area contributed by atoms with Gasteiger partial charge in [-0.15, -0.1) is 11.3 Å². The predicted molar refractivity (Wildman–Crippen MR) is 208 cm³/mol. The fraction of sp³-hybridized carbons (Fsp3) is 0.300.